The molecule has 0 aliphatic carbocycles. The van der Waals surface area contributed by atoms with Crippen molar-refractivity contribution < 1.29 is 14.7 Å². The minimum Gasteiger partial charge on any atom is -0.481 e. The fraction of sp³-hybridized carbons (Fsp3) is 0.500. The molecule has 3 N–H and O–H groups in total. The Morgan fingerprint density at radius 1 is 1.14 bits per heavy atom. The van der Waals surface area contributed by atoms with Crippen LogP contribution in [0.15, 0.2) is 24.3 Å². The molecule has 0 atom stereocenters. The van der Waals surface area contributed by atoms with Gasteiger partial charge in [0.05, 0.1) is 0 Å². The van der Waals surface area contributed by atoms with Crippen molar-refractivity contribution in [3.05, 3.63) is 29.8 Å². The third kappa shape index (κ3) is 7.34. The molecule has 21 heavy (non-hydrogen) atoms. The number of para-hydroxylation sites is 1. The Morgan fingerprint density at radius 2 is 1.90 bits per heavy atom. The summed E-state index contributed by atoms with van der Waals surface area (Å²) in [7, 11) is 0. The normalized spacial score (nSPS) is 10.1. The number of carbonyl (C=O) groups is 2. The van der Waals surface area contributed by atoms with Crippen LogP contribution in [-0.2, 0) is 11.2 Å². The largest absolute Gasteiger partial charge is 0.481 e. The fourth-order valence-electron chi connectivity index (χ4n) is 2.08. The molecule has 1 aromatic carbocycles. The topological polar surface area (TPSA) is 78.4 Å². The van der Waals surface area contributed by atoms with Crippen molar-refractivity contribution in [3.63, 3.8) is 0 Å². The number of hydrogen-bond acceptors (Lipinski definition) is 2. The SMILES string of the molecule is CCCc1ccccc1NC(=O)NCCCCCC(=O)O. The average Bonchev–Trinajstić information content (AvgIpc) is 2.45. The maximum absolute atomic E-state index is 11.8. The van der Waals surface area contributed by atoms with Gasteiger partial charge in [-0.05, 0) is 30.9 Å². The van der Waals surface area contributed by atoms with Gasteiger partial charge in [-0.15, -0.1) is 0 Å². The fourth-order valence-corrected chi connectivity index (χ4v) is 2.08. The monoisotopic (exact) mass is 292 g/mol. The van der Waals surface area contributed by atoms with E-state index in [4.69, 9.17) is 5.11 Å². The molecular formula is C16H24N2O3. The van der Waals surface area contributed by atoms with E-state index in [1.807, 2.05) is 24.3 Å². The standard InChI is InChI=1S/C16H24N2O3/c1-2-8-13-9-5-6-10-14(13)18-16(21)17-12-7-3-4-11-15(19)20/h5-6,9-10H,2-4,7-8,11-12H2,1H3,(H,19,20)(H2,17,18,21). The van der Waals surface area contributed by atoms with Crippen LogP contribution in [0.25, 0.3) is 0 Å². The third-order valence-electron chi connectivity index (χ3n) is 3.14. The number of unbranched alkanes of at least 4 members (excludes halogenated alkanes) is 2. The molecule has 116 valence electrons. The molecular weight excluding hydrogens is 268 g/mol. The first-order valence-electron chi connectivity index (χ1n) is 7.48. The Labute approximate surface area is 125 Å². The lowest BCUT2D eigenvalue weighted by Gasteiger charge is -2.11. The first kappa shape index (κ1) is 17.0. The Balaban J connectivity index is 2.26. The zero-order valence-electron chi connectivity index (χ0n) is 12.5. The number of anilines is 1. The number of nitrogens with one attached hydrogen (secondary N) is 2. The summed E-state index contributed by atoms with van der Waals surface area (Å²) in [5, 5.41) is 14.2. The number of carboxylic acids is 1. The molecule has 0 spiro atoms. The van der Waals surface area contributed by atoms with E-state index in [0.717, 1.165) is 36.9 Å². The molecule has 0 bridgehead atoms. The van der Waals surface area contributed by atoms with Crippen LogP contribution in [0.1, 0.15) is 44.6 Å². The lowest BCUT2D eigenvalue weighted by Crippen LogP contribution is -2.29. The number of benzene rings is 1. The predicted octanol–water partition coefficient (Wildman–Crippen LogP) is 3.41. The van der Waals surface area contributed by atoms with E-state index in [1.54, 1.807) is 0 Å². The highest BCUT2D eigenvalue weighted by atomic mass is 16.4. The number of carbonyl (C=O) groups excluding carboxylic acids is 1. The second-order valence-electron chi connectivity index (χ2n) is 4.99. The molecule has 2 amide bonds. The van der Waals surface area contributed by atoms with Gasteiger partial charge in [0.2, 0.25) is 0 Å². The van der Waals surface area contributed by atoms with Gasteiger partial charge in [-0.25, -0.2) is 4.79 Å². The molecule has 0 aliphatic heterocycles. The molecule has 0 heterocycles. The van der Waals surface area contributed by atoms with Crippen LogP contribution in [0.2, 0.25) is 0 Å². The molecule has 0 unspecified atom stereocenters. The molecule has 0 fully saturated rings. The summed E-state index contributed by atoms with van der Waals surface area (Å²) < 4.78 is 0. The number of urea groups is 1. The van der Waals surface area contributed by atoms with E-state index >= 15 is 0 Å². The van der Waals surface area contributed by atoms with Gasteiger partial charge in [-0.3, -0.25) is 4.79 Å². The number of amides is 2. The van der Waals surface area contributed by atoms with Crippen molar-refractivity contribution in [2.24, 2.45) is 0 Å². The molecule has 0 saturated heterocycles. The van der Waals surface area contributed by atoms with Gasteiger partial charge in [0.25, 0.3) is 0 Å². The zero-order chi connectivity index (χ0) is 15.5. The van der Waals surface area contributed by atoms with Crippen molar-refractivity contribution in [3.8, 4) is 0 Å². The van der Waals surface area contributed by atoms with Crippen LogP contribution >= 0.6 is 0 Å². The summed E-state index contributed by atoms with van der Waals surface area (Å²) in [6.07, 6.45) is 4.40. The van der Waals surface area contributed by atoms with E-state index in [-0.39, 0.29) is 12.5 Å². The quantitative estimate of drug-likeness (QED) is 0.610. The van der Waals surface area contributed by atoms with E-state index in [2.05, 4.69) is 17.6 Å². The first-order chi connectivity index (χ1) is 10.1. The Kier molecular flexibility index (Phi) is 7.94. The van der Waals surface area contributed by atoms with Crippen molar-refractivity contribution in [2.45, 2.75) is 45.4 Å². The lowest BCUT2D eigenvalue weighted by atomic mass is 10.1. The van der Waals surface area contributed by atoms with Crippen LogP contribution in [-0.4, -0.2) is 23.7 Å². The average molecular weight is 292 g/mol. The highest BCUT2D eigenvalue weighted by Gasteiger charge is 2.05. The van der Waals surface area contributed by atoms with Crippen LogP contribution < -0.4 is 10.6 Å². The van der Waals surface area contributed by atoms with E-state index in [1.165, 1.54) is 0 Å². The molecule has 0 radical (unpaired) electrons. The lowest BCUT2D eigenvalue weighted by molar-refractivity contribution is -0.137. The maximum atomic E-state index is 11.8. The zero-order valence-corrected chi connectivity index (χ0v) is 12.5. The second kappa shape index (κ2) is 9.80. The van der Waals surface area contributed by atoms with Crippen molar-refractivity contribution in [2.75, 3.05) is 11.9 Å². The van der Waals surface area contributed by atoms with Crippen LogP contribution in [0.3, 0.4) is 0 Å². The molecule has 0 saturated carbocycles. The summed E-state index contributed by atoms with van der Waals surface area (Å²) in [4.78, 5) is 22.1. The molecule has 1 aromatic rings. The predicted molar refractivity (Wildman–Crippen MR) is 83.6 cm³/mol. The van der Waals surface area contributed by atoms with Crippen molar-refractivity contribution >= 4 is 17.7 Å². The van der Waals surface area contributed by atoms with Gasteiger partial charge in [0.1, 0.15) is 0 Å². The van der Waals surface area contributed by atoms with Crippen LogP contribution in [0, 0.1) is 0 Å². The highest BCUT2D eigenvalue weighted by Crippen LogP contribution is 2.16. The van der Waals surface area contributed by atoms with Gasteiger partial charge in [-0.1, -0.05) is 38.0 Å². The molecule has 0 aromatic heterocycles. The van der Waals surface area contributed by atoms with E-state index < -0.39 is 5.97 Å². The van der Waals surface area contributed by atoms with E-state index in [9.17, 15) is 9.59 Å². The second-order valence-corrected chi connectivity index (χ2v) is 4.99. The number of hydrogen-bond donors (Lipinski definition) is 3. The summed E-state index contributed by atoms with van der Waals surface area (Å²) in [6, 6.07) is 7.58. The summed E-state index contributed by atoms with van der Waals surface area (Å²) in [6.45, 7) is 2.66. The number of aryl methyl sites for hydroxylation is 1. The Bertz CT molecular complexity index is 461. The molecule has 5 nitrogen and oxygen atoms in total. The summed E-state index contributed by atoms with van der Waals surface area (Å²) in [5.74, 6) is -0.770. The minimum atomic E-state index is -0.770. The molecule has 5 heteroatoms. The summed E-state index contributed by atoms with van der Waals surface area (Å²) >= 11 is 0. The number of carboxylic acid groups (broad SMARTS) is 1. The maximum Gasteiger partial charge on any atom is 0.319 e. The smallest absolute Gasteiger partial charge is 0.319 e. The minimum absolute atomic E-state index is 0.191. The molecule has 0 aliphatic rings. The summed E-state index contributed by atoms with van der Waals surface area (Å²) in [5.41, 5.74) is 1.99. The van der Waals surface area contributed by atoms with Gasteiger partial charge in [-0.2, -0.15) is 0 Å². The highest BCUT2D eigenvalue weighted by molar-refractivity contribution is 5.90. The van der Waals surface area contributed by atoms with Gasteiger partial charge < -0.3 is 15.7 Å². The van der Waals surface area contributed by atoms with Crippen molar-refractivity contribution in [1.82, 2.24) is 5.32 Å². The van der Waals surface area contributed by atoms with E-state index in [0.29, 0.717) is 13.0 Å². The van der Waals surface area contributed by atoms with Gasteiger partial charge in [0.15, 0.2) is 0 Å². The first-order valence-corrected chi connectivity index (χ1v) is 7.48. The van der Waals surface area contributed by atoms with Gasteiger partial charge in [0, 0.05) is 18.7 Å². The Hall–Kier alpha value is -2.04. The number of aliphatic carboxylic acids is 1. The van der Waals surface area contributed by atoms with Crippen molar-refractivity contribution in [1.29, 1.82) is 0 Å². The van der Waals surface area contributed by atoms with Gasteiger partial charge >= 0.3 is 12.0 Å². The van der Waals surface area contributed by atoms with Crippen LogP contribution in [0.4, 0.5) is 10.5 Å². The molecule has 1 rings (SSSR count). The number of rotatable bonds is 9. The Morgan fingerprint density at radius 3 is 2.62 bits per heavy atom. The van der Waals surface area contributed by atoms with Crippen LogP contribution in [0.5, 0.6) is 0 Å². The third-order valence-corrected chi connectivity index (χ3v) is 3.14.